The predicted octanol–water partition coefficient (Wildman–Crippen LogP) is 3.85. The van der Waals surface area contributed by atoms with Crippen molar-refractivity contribution in [1.82, 2.24) is 0 Å². The Balaban J connectivity index is 2.23. The van der Waals surface area contributed by atoms with E-state index in [1.807, 2.05) is 0 Å². The number of ether oxygens (including phenoxy) is 2. The van der Waals surface area contributed by atoms with Gasteiger partial charge < -0.3 is 9.47 Å². The van der Waals surface area contributed by atoms with Crippen molar-refractivity contribution < 1.29 is 31.8 Å². The summed E-state index contributed by atoms with van der Waals surface area (Å²) < 4.78 is 65.1. The Hall–Kier alpha value is -2.83. The van der Waals surface area contributed by atoms with Gasteiger partial charge in [-0.15, -0.1) is 0 Å². The zero-order valence-electron chi connectivity index (χ0n) is 12.3. The van der Waals surface area contributed by atoms with Gasteiger partial charge in [0.15, 0.2) is 11.6 Å². The third-order valence-electron chi connectivity index (χ3n) is 3.55. The van der Waals surface area contributed by atoms with E-state index in [1.165, 1.54) is 12.1 Å². The van der Waals surface area contributed by atoms with Crippen LogP contribution in [0.4, 0.5) is 17.6 Å². The Kier molecular flexibility index (Phi) is 4.01. The number of carbonyl (C=O) groups is 1. The minimum Gasteiger partial charge on any atom is -0.486 e. The summed E-state index contributed by atoms with van der Waals surface area (Å²) in [7, 11) is 1.12. The molecule has 3 nitrogen and oxygen atoms in total. The molecule has 3 rings (SSSR count). The van der Waals surface area contributed by atoms with Crippen LogP contribution in [0, 0.1) is 23.3 Å². The first-order valence-electron chi connectivity index (χ1n) is 6.82. The van der Waals surface area contributed by atoms with Crippen LogP contribution < -0.4 is 4.74 Å². The third-order valence-corrected chi connectivity index (χ3v) is 3.55. The van der Waals surface area contributed by atoms with E-state index < -0.39 is 34.8 Å². The van der Waals surface area contributed by atoms with Gasteiger partial charge in [-0.2, -0.15) is 0 Å². The number of benzene rings is 2. The number of halogens is 4. The summed E-state index contributed by atoms with van der Waals surface area (Å²) in [5, 5.41) is 0. The van der Waals surface area contributed by atoms with Crippen LogP contribution in [0.3, 0.4) is 0 Å². The van der Waals surface area contributed by atoms with Crippen LogP contribution in [0.1, 0.15) is 21.5 Å². The monoisotopic (exact) mass is 338 g/mol. The smallest absolute Gasteiger partial charge is 0.337 e. The van der Waals surface area contributed by atoms with Crippen LogP contribution in [0.2, 0.25) is 0 Å². The molecular formula is C17H10F4O3. The minimum atomic E-state index is -1.14. The minimum absolute atomic E-state index is 0.0222. The average Bonchev–Trinajstić information content (AvgIpc) is 2.53. The number of methoxy groups -OCH3 is 1. The zero-order chi connectivity index (χ0) is 17.4. The normalized spacial score (nSPS) is 13.0. The average molecular weight is 338 g/mol. The summed E-state index contributed by atoms with van der Waals surface area (Å²) in [4.78, 5) is 11.6. The fourth-order valence-corrected chi connectivity index (χ4v) is 2.53. The topological polar surface area (TPSA) is 35.5 Å². The molecular weight excluding hydrogens is 328 g/mol. The van der Waals surface area contributed by atoms with Crippen LogP contribution in [0.15, 0.2) is 30.3 Å². The third kappa shape index (κ3) is 2.62. The Morgan fingerprint density at radius 2 is 1.71 bits per heavy atom. The highest BCUT2D eigenvalue weighted by molar-refractivity contribution is 5.93. The van der Waals surface area contributed by atoms with Crippen molar-refractivity contribution in [3.8, 4) is 5.75 Å². The van der Waals surface area contributed by atoms with Gasteiger partial charge in [-0.25, -0.2) is 22.4 Å². The number of rotatable bonds is 2. The molecule has 0 fully saturated rings. The lowest BCUT2D eigenvalue weighted by atomic mass is 9.93. The first-order valence-corrected chi connectivity index (χ1v) is 6.82. The van der Waals surface area contributed by atoms with Gasteiger partial charge >= 0.3 is 5.97 Å². The van der Waals surface area contributed by atoms with Crippen LogP contribution in [-0.2, 0) is 4.74 Å². The van der Waals surface area contributed by atoms with E-state index in [0.717, 1.165) is 13.2 Å². The van der Waals surface area contributed by atoms with E-state index in [2.05, 4.69) is 4.74 Å². The van der Waals surface area contributed by atoms with Crippen molar-refractivity contribution in [2.24, 2.45) is 0 Å². The van der Waals surface area contributed by atoms with E-state index in [1.54, 1.807) is 0 Å². The summed E-state index contributed by atoms with van der Waals surface area (Å²) in [6.45, 7) is -0.132. The van der Waals surface area contributed by atoms with Gasteiger partial charge in [0.2, 0.25) is 0 Å². The van der Waals surface area contributed by atoms with E-state index in [4.69, 9.17) is 4.74 Å². The maximum Gasteiger partial charge on any atom is 0.337 e. The summed E-state index contributed by atoms with van der Waals surface area (Å²) in [6, 6.07) is 3.16. The summed E-state index contributed by atoms with van der Waals surface area (Å²) in [6.07, 6.45) is 1.32. The maximum atomic E-state index is 14.2. The van der Waals surface area contributed by atoms with E-state index in [0.29, 0.717) is 12.1 Å². The fourth-order valence-electron chi connectivity index (χ4n) is 2.53. The second-order valence-electron chi connectivity index (χ2n) is 5.00. The lowest BCUT2D eigenvalue weighted by Gasteiger charge is -2.21. The molecule has 1 aliphatic heterocycles. The molecule has 0 atom stereocenters. The second-order valence-corrected chi connectivity index (χ2v) is 5.00. The highest BCUT2D eigenvalue weighted by Gasteiger charge is 2.26. The van der Waals surface area contributed by atoms with Crippen LogP contribution in [-0.4, -0.2) is 19.7 Å². The largest absolute Gasteiger partial charge is 0.486 e. The molecule has 1 aliphatic rings. The van der Waals surface area contributed by atoms with Crippen LogP contribution in [0.25, 0.3) is 5.57 Å². The van der Waals surface area contributed by atoms with E-state index in [-0.39, 0.29) is 29.1 Å². The summed E-state index contributed by atoms with van der Waals surface area (Å²) >= 11 is 0. The SMILES string of the molecule is COC(=O)c1cc(F)c2c(c1)C(c1c(F)cc(F)cc1F)=CCO2. The first-order chi connectivity index (χ1) is 11.4. The van der Waals surface area contributed by atoms with E-state index in [9.17, 15) is 22.4 Å². The Morgan fingerprint density at radius 1 is 1.04 bits per heavy atom. The lowest BCUT2D eigenvalue weighted by molar-refractivity contribution is 0.0600. The number of carbonyl (C=O) groups excluding carboxylic acids is 1. The number of hydrogen-bond donors (Lipinski definition) is 0. The van der Waals surface area contributed by atoms with Gasteiger partial charge in [-0.3, -0.25) is 0 Å². The molecule has 1 heterocycles. The van der Waals surface area contributed by atoms with Crippen LogP contribution in [0.5, 0.6) is 5.75 Å². The van der Waals surface area contributed by atoms with Gasteiger partial charge in [-0.1, -0.05) is 0 Å². The van der Waals surface area contributed by atoms with Gasteiger partial charge in [0.1, 0.15) is 24.1 Å². The predicted molar refractivity (Wildman–Crippen MR) is 76.6 cm³/mol. The molecule has 0 aliphatic carbocycles. The molecule has 0 unspecified atom stereocenters. The molecule has 0 radical (unpaired) electrons. The molecule has 24 heavy (non-hydrogen) atoms. The Morgan fingerprint density at radius 3 is 2.33 bits per heavy atom. The van der Waals surface area contributed by atoms with Crippen molar-refractivity contribution >= 4 is 11.5 Å². The molecule has 124 valence electrons. The highest BCUT2D eigenvalue weighted by atomic mass is 19.1. The van der Waals surface area contributed by atoms with Gasteiger partial charge in [0.05, 0.1) is 18.2 Å². The number of hydrogen-bond acceptors (Lipinski definition) is 3. The summed E-state index contributed by atoms with van der Waals surface area (Å²) in [5.74, 6) is -5.30. The quantitative estimate of drug-likeness (QED) is 0.616. The molecule has 0 amide bonds. The lowest BCUT2D eigenvalue weighted by Crippen LogP contribution is -2.12. The molecule has 0 spiro atoms. The molecule has 7 heteroatoms. The first kappa shape index (κ1) is 16.0. The molecule has 0 N–H and O–H groups in total. The van der Waals surface area contributed by atoms with Gasteiger partial charge in [0, 0.05) is 17.7 Å². The van der Waals surface area contributed by atoms with Gasteiger partial charge in [0.25, 0.3) is 0 Å². The van der Waals surface area contributed by atoms with Crippen molar-refractivity contribution in [2.45, 2.75) is 0 Å². The van der Waals surface area contributed by atoms with Crippen molar-refractivity contribution in [1.29, 1.82) is 0 Å². The number of fused-ring (bicyclic) bond motifs is 1. The zero-order valence-corrected chi connectivity index (χ0v) is 12.3. The Bertz CT molecular complexity index is 851. The Labute approximate surface area is 134 Å². The van der Waals surface area contributed by atoms with Crippen molar-refractivity contribution in [3.05, 3.63) is 70.3 Å². The fraction of sp³-hybridized carbons (Fsp3) is 0.118. The standard InChI is InChI=1S/C17H10F4O3/c1-23-17(22)8-4-11-10(2-3-24-16(11)14(21)5-8)15-12(19)6-9(18)7-13(15)20/h2,4-7H,3H2,1H3. The molecule has 0 aromatic heterocycles. The maximum absolute atomic E-state index is 14.2. The molecule has 2 aromatic carbocycles. The van der Waals surface area contributed by atoms with Gasteiger partial charge in [-0.05, 0) is 23.8 Å². The molecule has 0 saturated heterocycles. The summed E-state index contributed by atoms with van der Waals surface area (Å²) in [5.41, 5.74) is -0.725. The van der Waals surface area contributed by atoms with Crippen molar-refractivity contribution in [3.63, 3.8) is 0 Å². The second kappa shape index (κ2) is 5.99. The molecule has 2 aromatic rings. The van der Waals surface area contributed by atoms with E-state index >= 15 is 0 Å². The highest BCUT2D eigenvalue weighted by Crippen LogP contribution is 2.39. The number of esters is 1. The van der Waals surface area contributed by atoms with Crippen molar-refractivity contribution in [2.75, 3.05) is 13.7 Å². The molecule has 0 bridgehead atoms. The molecule has 0 saturated carbocycles. The van der Waals surface area contributed by atoms with Crippen LogP contribution >= 0.6 is 0 Å².